The first-order valence-corrected chi connectivity index (χ1v) is 20.3. The van der Waals surface area contributed by atoms with Crippen molar-refractivity contribution >= 4 is 63.0 Å². The van der Waals surface area contributed by atoms with E-state index in [-0.39, 0.29) is 0 Å². The fraction of sp³-hybridized carbons (Fsp3) is 0. The average Bonchev–Trinajstić information content (AvgIpc) is 3.85. The van der Waals surface area contributed by atoms with Gasteiger partial charge in [0.2, 0.25) is 0 Å². The van der Waals surface area contributed by atoms with Gasteiger partial charge in [0.25, 0.3) is 0 Å². The molecule has 8 aromatic carbocycles. The molecule has 0 spiro atoms. The summed E-state index contributed by atoms with van der Waals surface area (Å²) >= 11 is 3.70. The summed E-state index contributed by atoms with van der Waals surface area (Å²) in [6.07, 6.45) is 0. The summed E-state index contributed by atoms with van der Waals surface area (Å²) in [4.78, 5) is 15.5. The van der Waals surface area contributed by atoms with Crippen molar-refractivity contribution in [3.8, 4) is 67.5 Å². The van der Waals surface area contributed by atoms with Crippen LogP contribution in [0.2, 0.25) is 0 Å². The van der Waals surface area contributed by atoms with Crippen LogP contribution >= 0.6 is 22.7 Å². The van der Waals surface area contributed by atoms with Gasteiger partial charge in [-0.2, -0.15) is 0 Å². The van der Waals surface area contributed by atoms with Gasteiger partial charge in [0, 0.05) is 62.6 Å². The first-order chi connectivity index (χ1) is 27.7. The second kappa shape index (κ2) is 13.5. The van der Waals surface area contributed by atoms with Gasteiger partial charge in [-0.15, -0.1) is 22.7 Å². The molecule has 0 radical (unpaired) electrons. The summed E-state index contributed by atoms with van der Waals surface area (Å²) in [5.74, 6) is 1.93. The molecule has 0 saturated heterocycles. The van der Waals surface area contributed by atoms with Crippen LogP contribution in [0.25, 0.3) is 108 Å². The Kier molecular flexibility index (Phi) is 7.87. The Labute approximate surface area is 331 Å². The highest BCUT2D eigenvalue weighted by Gasteiger charge is 2.18. The van der Waals surface area contributed by atoms with E-state index in [2.05, 4.69) is 176 Å². The van der Waals surface area contributed by atoms with Crippen LogP contribution in [0.4, 0.5) is 0 Å². The molecule has 0 unspecified atom stereocenters. The molecule has 262 valence electrons. The Hall–Kier alpha value is -6.79. The number of rotatable bonds is 6. The molecule has 11 aromatic rings. The maximum atomic E-state index is 5.18. The maximum absolute atomic E-state index is 5.18. The zero-order valence-corrected chi connectivity index (χ0v) is 31.7. The van der Waals surface area contributed by atoms with Crippen molar-refractivity contribution in [3.63, 3.8) is 0 Å². The van der Waals surface area contributed by atoms with Gasteiger partial charge in [0.15, 0.2) is 17.5 Å². The highest BCUT2D eigenvalue weighted by molar-refractivity contribution is 7.26. The van der Waals surface area contributed by atoms with Gasteiger partial charge in [-0.3, -0.25) is 0 Å². The summed E-state index contributed by atoms with van der Waals surface area (Å²) in [6, 6.07) is 66.7. The van der Waals surface area contributed by atoms with E-state index in [4.69, 9.17) is 15.0 Å². The fourth-order valence-corrected chi connectivity index (χ4v) is 10.3. The number of hydrogen-bond acceptors (Lipinski definition) is 5. The summed E-state index contributed by atoms with van der Waals surface area (Å²) in [6.45, 7) is 0. The average molecular weight is 750 g/mol. The van der Waals surface area contributed by atoms with E-state index in [1.54, 1.807) is 0 Å². The molecular formula is C51H31N3S2. The Morgan fingerprint density at radius 1 is 0.286 bits per heavy atom. The van der Waals surface area contributed by atoms with Crippen molar-refractivity contribution in [3.05, 3.63) is 188 Å². The largest absolute Gasteiger partial charge is 0.208 e. The second-order valence-electron chi connectivity index (χ2n) is 14.0. The van der Waals surface area contributed by atoms with Gasteiger partial charge in [0.1, 0.15) is 0 Å². The van der Waals surface area contributed by atoms with Gasteiger partial charge >= 0.3 is 0 Å². The minimum atomic E-state index is 0.642. The van der Waals surface area contributed by atoms with Crippen LogP contribution in [0.15, 0.2) is 188 Å². The standard InChI is InChI=1S/C51H31N3S2/c1-3-13-32(14-4-1)34-17-9-19-36(29-34)49-52-50(37-20-10-18-35(30-37)33-15-5-2-6-16-33)54-51(53-49)38-27-28-43-46(31-38)55-45-26-12-22-40(47(43)45)42-24-11-23-41-39-21-7-8-25-44(39)56-48(41)42/h1-31H. The normalized spacial score (nSPS) is 11.6. The molecule has 3 nitrogen and oxygen atoms in total. The SMILES string of the molecule is c1ccc(-c2cccc(-c3nc(-c4cccc(-c5ccccc5)c4)nc(-c4ccc5c(c4)sc4cccc(-c6cccc7c6sc6ccccc67)c45)n3)c2)cc1. The van der Waals surface area contributed by atoms with E-state index < -0.39 is 0 Å². The van der Waals surface area contributed by atoms with Gasteiger partial charge in [0.05, 0.1) is 0 Å². The molecule has 0 bridgehead atoms. The van der Waals surface area contributed by atoms with Crippen LogP contribution in [0.5, 0.6) is 0 Å². The number of hydrogen-bond donors (Lipinski definition) is 0. The first kappa shape index (κ1) is 32.6. The zero-order valence-electron chi connectivity index (χ0n) is 30.1. The molecule has 0 atom stereocenters. The quantitative estimate of drug-likeness (QED) is 0.170. The lowest BCUT2D eigenvalue weighted by atomic mass is 9.97. The van der Waals surface area contributed by atoms with Crippen molar-refractivity contribution in [2.24, 2.45) is 0 Å². The molecular weight excluding hydrogens is 719 g/mol. The van der Waals surface area contributed by atoms with E-state index >= 15 is 0 Å². The first-order valence-electron chi connectivity index (χ1n) is 18.7. The van der Waals surface area contributed by atoms with Crippen LogP contribution < -0.4 is 0 Å². The summed E-state index contributed by atoms with van der Waals surface area (Å²) in [5.41, 5.74) is 9.92. The van der Waals surface area contributed by atoms with Gasteiger partial charge in [-0.1, -0.05) is 158 Å². The van der Waals surface area contributed by atoms with Gasteiger partial charge < -0.3 is 0 Å². The lowest BCUT2D eigenvalue weighted by molar-refractivity contribution is 1.07. The Balaban J connectivity index is 1.07. The predicted molar refractivity (Wildman–Crippen MR) is 238 cm³/mol. The van der Waals surface area contributed by atoms with Crippen molar-refractivity contribution in [1.29, 1.82) is 0 Å². The second-order valence-corrected chi connectivity index (χ2v) is 16.1. The Morgan fingerprint density at radius 3 is 1.46 bits per heavy atom. The minimum absolute atomic E-state index is 0.642. The smallest absolute Gasteiger partial charge is 0.164 e. The van der Waals surface area contributed by atoms with E-state index in [9.17, 15) is 0 Å². The molecule has 3 aromatic heterocycles. The summed E-state index contributed by atoms with van der Waals surface area (Å²) in [7, 11) is 0. The molecule has 0 aliphatic heterocycles. The highest BCUT2D eigenvalue weighted by atomic mass is 32.1. The van der Waals surface area contributed by atoms with E-state index in [0.717, 1.165) is 38.9 Å². The van der Waals surface area contributed by atoms with Gasteiger partial charge in [-0.05, 0) is 58.1 Å². The molecule has 0 fully saturated rings. The minimum Gasteiger partial charge on any atom is -0.208 e. The molecule has 11 rings (SSSR count). The van der Waals surface area contributed by atoms with E-state index in [1.165, 1.54) is 51.5 Å². The molecule has 3 heterocycles. The lowest BCUT2D eigenvalue weighted by Gasteiger charge is -2.11. The van der Waals surface area contributed by atoms with Crippen molar-refractivity contribution in [2.75, 3.05) is 0 Å². The topological polar surface area (TPSA) is 38.7 Å². The summed E-state index contributed by atoms with van der Waals surface area (Å²) in [5, 5.41) is 5.16. The fourth-order valence-electron chi connectivity index (χ4n) is 7.85. The third-order valence-electron chi connectivity index (χ3n) is 10.5. The predicted octanol–water partition coefficient (Wildman–Crippen LogP) is 14.6. The molecule has 5 heteroatoms. The maximum Gasteiger partial charge on any atom is 0.164 e. The lowest BCUT2D eigenvalue weighted by Crippen LogP contribution is -2.00. The molecule has 0 saturated carbocycles. The highest BCUT2D eigenvalue weighted by Crippen LogP contribution is 2.46. The molecule has 0 amide bonds. The molecule has 0 aliphatic rings. The third-order valence-corrected chi connectivity index (χ3v) is 12.9. The van der Waals surface area contributed by atoms with Crippen LogP contribution in [-0.4, -0.2) is 15.0 Å². The molecule has 56 heavy (non-hydrogen) atoms. The van der Waals surface area contributed by atoms with Crippen LogP contribution in [0.1, 0.15) is 0 Å². The summed E-state index contributed by atoms with van der Waals surface area (Å²) < 4.78 is 5.11. The third kappa shape index (κ3) is 5.68. The number of fused-ring (bicyclic) bond motifs is 6. The Bertz CT molecular complexity index is 3150. The monoisotopic (exact) mass is 749 g/mol. The number of thiophene rings is 2. The van der Waals surface area contributed by atoms with Crippen molar-refractivity contribution in [1.82, 2.24) is 15.0 Å². The Morgan fingerprint density at radius 2 is 0.786 bits per heavy atom. The number of nitrogens with zero attached hydrogens (tertiary/aromatic N) is 3. The van der Waals surface area contributed by atoms with E-state index in [0.29, 0.717) is 17.5 Å². The van der Waals surface area contributed by atoms with Crippen LogP contribution in [0.3, 0.4) is 0 Å². The van der Waals surface area contributed by atoms with Gasteiger partial charge in [-0.25, -0.2) is 15.0 Å². The van der Waals surface area contributed by atoms with Crippen LogP contribution in [-0.2, 0) is 0 Å². The zero-order chi connectivity index (χ0) is 37.0. The number of aromatic nitrogens is 3. The van der Waals surface area contributed by atoms with Crippen molar-refractivity contribution in [2.45, 2.75) is 0 Å². The van der Waals surface area contributed by atoms with E-state index in [1.807, 2.05) is 34.8 Å². The van der Waals surface area contributed by atoms with Crippen molar-refractivity contribution < 1.29 is 0 Å². The molecule has 0 N–H and O–H groups in total. The molecule has 0 aliphatic carbocycles. The van der Waals surface area contributed by atoms with Crippen LogP contribution in [0, 0.1) is 0 Å². The number of benzene rings is 8.